The van der Waals surface area contributed by atoms with Crippen LogP contribution in [-0.2, 0) is 23.3 Å². The SMILES string of the molecule is CCc1nn2c(=O)cc(CN3C(=O)NC(c4ccccc4)(c4ccccc4)C3=O)nc2s1. The molecule has 4 aromatic rings. The molecule has 1 aliphatic heterocycles. The van der Waals surface area contributed by atoms with Crippen LogP contribution in [-0.4, -0.2) is 31.4 Å². The molecule has 0 unspecified atom stereocenters. The highest BCUT2D eigenvalue weighted by Crippen LogP contribution is 2.36. The van der Waals surface area contributed by atoms with E-state index in [9.17, 15) is 14.4 Å². The second-order valence-electron chi connectivity index (χ2n) is 7.43. The molecular weight excluding hydrogens is 426 g/mol. The van der Waals surface area contributed by atoms with Crippen LogP contribution in [0.4, 0.5) is 4.79 Å². The summed E-state index contributed by atoms with van der Waals surface area (Å²) in [5, 5.41) is 7.92. The summed E-state index contributed by atoms with van der Waals surface area (Å²) in [6, 6.07) is 19.1. The first kappa shape index (κ1) is 20.1. The van der Waals surface area contributed by atoms with Crippen LogP contribution >= 0.6 is 11.3 Å². The molecule has 8 nitrogen and oxygen atoms in total. The van der Waals surface area contributed by atoms with Gasteiger partial charge in [0.15, 0.2) is 5.54 Å². The molecule has 1 fully saturated rings. The van der Waals surface area contributed by atoms with Crippen molar-refractivity contribution in [3.8, 4) is 0 Å². The van der Waals surface area contributed by atoms with Crippen molar-refractivity contribution in [1.82, 2.24) is 24.8 Å². The highest BCUT2D eigenvalue weighted by atomic mass is 32.1. The lowest BCUT2D eigenvalue weighted by molar-refractivity contribution is -0.130. The van der Waals surface area contributed by atoms with E-state index in [1.807, 2.05) is 67.6 Å². The van der Waals surface area contributed by atoms with Gasteiger partial charge in [0, 0.05) is 6.07 Å². The van der Waals surface area contributed by atoms with Crippen LogP contribution in [0.3, 0.4) is 0 Å². The van der Waals surface area contributed by atoms with Crippen LogP contribution in [0.25, 0.3) is 4.96 Å². The maximum absolute atomic E-state index is 13.8. The van der Waals surface area contributed by atoms with Crippen molar-refractivity contribution in [2.45, 2.75) is 25.4 Å². The zero-order chi connectivity index (χ0) is 22.3. The third-order valence-electron chi connectivity index (χ3n) is 5.48. The highest BCUT2D eigenvalue weighted by molar-refractivity contribution is 7.16. The van der Waals surface area contributed by atoms with Gasteiger partial charge in [0.05, 0.1) is 12.2 Å². The normalized spacial score (nSPS) is 15.3. The molecule has 1 N–H and O–H groups in total. The van der Waals surface area contributed by atoms with E-state index in [0.29, 0.717) is 28.2 Å². The summed E-state index contributed by atoms with van der Waals surface area (Å²) in [5.41, 5.74) is -0.0400. The van der Waals surface area contributed by atoms with Crippen LogP contribution in [0.2, 0.25) is 0 Å². The lowest BCUT2D eigenvalue weighted by atomic mass is 9.82. The first-order valence-corrected chi connectivity index (χ1v) is 11.0. The van der Waals surface area contributed by atoms with E-state index in [4.69, 9.17) is 0 Å². The zero-order valence-corrected chi connectivity index (χ0v) is 18.0. The number of aromatic nitrogens is 3. The molecule has 160 valence electrons. The third kappa shape index (κ3) is 3.09. The van der Waals surface area contributed by atoms with Gasteiger partial charge in [0.2, 0.25) is 4.96 Å². The smallest absolute Gasteiger partial charge is 0.315 e. The van der Waals surface area contributed by atoms with Crippen molar-refractivity contribution in [2.75, 3.05) is 0 Å². The number of benzene rings is 2. The molecule has 5 rings (SSSR count). The number of urea groups is 1. The summed E-state index contributed by atoms with van der Waals surface area (Å²) >= 11 is 1.32. The van der Waals surface area contributed by atoms with Crippen LogP contribution in [0.5, 0.6) is 0 Å². The van der Waals surface area contributed by atoms with Gasteiger partial charge < -0.3 is 5.32 Å². The number of nitrogens with zero attached hydrogens (tertiary/aromatic N) is 4. The molecule has 1 aliphatic rings. The van der Waals surface area contributed by atoms with Gasteiger partial charge in [-0.2, -0.15) is 9.61 Å². The van der Waals surface area contributed by atoms with Crippen LogP contribution in [0, 0.1) is 0 Å². The maximum atomic E-state index is 13.8. The fourth-order valence-corrected chi connectivity index (χ4v) is 4.79. The number of hydrogen-bond acceptors (Lipinski definition) is 6. The van der Waals surface area contributed by atoms with E-state index >= 15 is 0 Å². The Morgan fingerprint density at radius 3 is 2.19 bits per heavy atom. The third-order valence-corrected chi connectivity index (χ3v) is 6.53. The largest absolute Gasteiger partial charge is 0.325 e. The van der Waals surface area contributed by atoms with E-state index in [0.717, 1.165) is 9.91 Å². The first-order valence-electron chi connectivity index (χ1n) is 10.2. The predicted molar refractivity (Wildman–Crippen MR) is 119 cm³/mol. The van der Waals surface area contributed by atoms with E-state index in [1.54, 1.807) is 0 Å². The molecule has 0 radical (unpaired) electrons. The van der Waals surface area contributed by atoms with Gasteiger partial charge in [-0.1, -0.05) is 78.9 Å². The van der Waals surface area contributed by atoms with Gasteiger partial charge >= 0.3 is 6.03 Å². The van der Waals surface area contributed by atoms with Crippen molar-refractivity contribution in [3.63, 3.8) is 0 Å². The van der Waals surface area contributed by atoms with E-state index in [1.165, 1.54) is 21.9 Å². The number of fused-ring (bicyclic) bond motifs is 1. The average Bonchev–Trinajstić information content (AvgIpc) is 3.35. The fraction of sp³-hybridized carbons (Fsp3) is 0.174. The molecule has 0 saturated carbocycles. The van der Waals surface area contributed by atoms with E-state index in [2.05, 4.69) is 15.4 Å². The number of rotatable bonds is 5. The van der Waals surface area contributed by atoms with Crippen molar-refractivity contribution < 1.29 is 9.59 Å². The second-order valence-corrected chi connectivity index (χ2v) is 8.47. The molecule has 0 aliphatic carbocycles. The van der Waals surface area contributed by atoms with Crippen molar-refractivity contribution in [2.24, 2.45) is 0 Å². The highest BCUT2D eigenvalue weighted by Gasteiger charge is 2.53. The number of carbonyl (C=O) groups is 2. The zero-order valence-electron chi connectivity index (χ0n) is 17.2. The van der Waals surface area contributed by atoms with Crippen molar-refractivity contribution in [1.29, 1.82) is 0 Å². The molecule has 2 aromatic carbocycles. The number of nitrogens with one attached hydrogen (secondary N) is 1. The summed E-state index contributed by atoms with van der Waals surface area (Å²) in [7, 11) is 0. The number of aryl methyl sites for hydroxylation is 1. The van der Waals surface area contributed by atoms with E-state index in [-0.39, 0.29) is 12.1 Å². The molecule has 0 bridgehead atoms. The molecule has 1 saturated heterocycles. The maximum Gasteiger partial charge on any atom is 0.325 e. The monoisotopic (exact) mass is 445 g/mol. The molecule has 9 heteroatoms. The average molecular weight is 446 g/mol. The standard InChI is InChI=1S/C23H19N5O3S/c1-2-18-26-28-19(29)13-17(24-22(28)32-18)14-27-20(30)23(25-21(27)31,15-9-5-3-6-10-15)16-11-7-4-8-12-16/h3-13H,2,14H2,1H3,(H,25,31). The van der Waals surface area contributed by atoms with Crippen molar-refractivity contribution in [3.05, 3.63) is 98.9 Å². The molecule has 3 heterocycles. The molecule has 2 aromatic heterocycles. The fourth-order valence-electron chi connectivity index (χ4n) is 3.94. The summed E-state index contributed by atoms with van der Waals surface area (Å²) in [5.74, 6) is -0.416. The quantitative estimate of drug-likeness (QED) is 0.477. The van der Waals surface area contributed by atoms with Crippen molar-refractivity contribution >= 4 is 28.2 Å². The van der Waals surface area contributed by atoms with Gasteiger partial charge in [-0.3, -0.25) is 14.5 Å². The summed E-state index contributed by atoms with van der Waals surface area (Å²) in [6.45, 7) is 1.83. The van der Waals surface area contributed by atoms with Gasteiger partial charge in [-0.25, -0.2) is 9.78 Å². The second kappa shape index (κ2) is 7.69. The lowest BCUT2D eigenvalue weighted by Crippen LogP contribution is -2.45. The Bertz CT molecular complexity index is 1340. The summed E-state index contributed by atoms with van der Waals surface area (Å²) in [6.07, 6.45) is 0.687. The van der Waals surface area contributed by atoms with Gasteiger partial charge in [-0.05, 0) is 17.5 Å². The van der Waals surface area contributed by atoms with Crippen LogP contribution < -0.4 is 10.9 Å². The van der Waals surface area contributed by atoms with Gasteiger partial charge in [0.1, 0.15) is 5.01 Å². The molecule has 3 amide bonds. The molecule has 0 atom stereocenters. The molecule has 0 spiro atoms. The number of imide groups is 1. The van der Waals surface area contributed by atoms with Gasteiger partial charge in [0.25, 0.3) is 11.5 Å². The lowest BCUT2D eigenvalue weighted by Gasteiger charge is -2.28. The topological polar surface area (TPSA) is 96.7 Å². The Hall–Kier alpha value is -3.85. The Morgan fingerprint density at radius 2 is 1.59 bits per heavy atom. The minimum atomic E-state index is -1.35. The minimum Gasteiger partial charge on any atom is -0.315 e. The Kier molecular flexibility index (Phi) is 4.82. The molecular formula is C23H19N5O3S. The summed E-state index contributed by atoms with van der Waals surface area (Å²) < 4.78 is 1.25. The van der Waals surface area contributed by atoms with Crippen LogP contribution in [0.1, 0.15) is 28.8 Å². The summed E-state index contributed by atoms with van der Waals surface area (Å²) in [4.78, 5) is 45.3. The van der Waals surface area contributed by atoms with E-state index < -0.39 is 17.5 Å². The Balaban J connectivity index is 1.57. The first-order chi connectivity index (χ1) is 15.5. The predicted octanol–water partition coefficient (Wildman–Crippen LogP) is 2.71. The Labute approximate surface area is 187 Å². The Morgan fingerprint density at radius 1 is 0.969 bits per heavy atom. The van der Waals surface area contributed by atoms with Gasteiger partial charge in [-0.15, -0.1) is 0 Å². The number of amides is 3. The number of hydrogen-bond donors (Lipinski definition) is 1. The van der Waals surface area contributed by atoms with Crippen LogP contribution in [0.15, 0.2) is 71.5 Å². The molecule has 32 heavy (non-hydrogen) atoms. The number of carbonyl (C=O) groups excluding carboxylic acids is 2. The minimum absolute atomic E-state index is 0.114.